The third-order valence-corrected chi connectivity index (χ3v) is 2.91. The quantitative estimate of drug-likeness (QED) is 0.871. The molecule has 96 valence electrons. The van der Waals surface area contributed by atoms with Gasteiger partial charge in [-0.2, -0.15) is 5.10 Å². The number of hydrogen-bond donors (Lipinski definition) is 1. The summed E-state index contributed by atoms with van der Waals surface area (Å²) in [5.41, 5.74) is 1.10. The molecule has 0 radical (unpaired) electrons. The van der Waals surface area contributed by atoms with Gasteiger partial charge in [0, 0.05) is 17.3 Å². The minimum Gasteiger partial charge on any atom is -0.368 e. The minimum absolute atomic E-state index is 0.595. The third-order valence-electron chi connectivity index (χ3n) is 2.91. The summed E-state index contributed by atoms with van der Waals surface area (Å²) in [6.45, 7) is 7.50. The maximum Gasteiger partial charge on any atom is 0.156 e. The molecule has 0 fully saturated rings. The Morgan fingerprint density at radius 1 is 1.11 bits per heavy atom. The van der Waals surface area contributed by atoms with Crippen LogP contribution in [0.4, 0.5) is 5.82 Å². The van der Waals surface area contributed by atoms with Gasteiger partial charge in [-0.25, -0.2) is 0 Å². The molecule has 0 aliphatic carbocycles. The molecule has 0 unspecified atom stereocenters. The Kier molecular flexibility index (Phi) is 4.13. The number of aromatic nitrogens is 2. The second-order valence-electron chi connectivity index (χ2n) is 5.07. The molecule has 0 spiro atoms. The van der Waals surface area contributed by atoms with Crippen LogP contribution in [0, 0.1) is 5.92 Å². The monoisotopic (exact) mass is 243 g/mol. The van der Waals surface area contributed by atoms with Crippen molar-refractivity contribution in [2.24, 2.45) is 5.92 Å². The second-order valence-corrected chi connectivity index (χ2v) is 5.07. The first-order chi connectivity index (χ1) is 8.72. The van der Waals surface area contributed by atoms with Crippen molar-refractivity contribution in [1.29, 1.82) is 0 Å². The topological polar surface area (TPSA) is 37.8 Å². The van der Waals surface area contributed by atoms with Gasteiger partial charge < -0.3 is 5.32 Å². The molecule has 1 N–H and O–H groups in total. The Bertz CT molecular complexity index is 520. The molecule has 0 atom stereocenters. The summed E-state index contributed by atoms with van der Waals surface area (Å²) in [4.78, 5) is 0. The Morgan fingerprint density at radius 3 is 2.50 bits per heavy atom. The van der Waals surface area contributed by atoms with E-state index >= 15 is 0 Å². The van der Waals surface area contributed by atoms with Gasteiger partial charge in [-0.1, -0.05) is 45.0 Å². The summed E-state index contributed by atoms with van der Waals surface area (Å²) < 4.78 is 0. The average Bonchev–Trinajstić information content (AvgIpc) is 2.37. The molecule has 3 heteroatoms. The van der Waals surface area contributed by atoms with Crippen LogP contribution >= 0.6 is 0 Å². The predicted octanol–water partition coefficient (Wildman–Crippen LogP) is 3.65. The van der Waals surface area contributed by atoms with E-state index in [0.717, 1.165) is 30.9 Å². The van der Waals surface area contributed by atoms with Gasteiger partial charge in [0.2, 0.25) is 0 Å². The number of nitrogens with one attached hydrogen (secondary N) is 1. The molecular formula is C15H21N3. The zero-order valence-electron chi connectivity index (χ0n) is 11.4. The van der Waals surface area contributed by atoms with Crippen molar-refractivity contribution in [1.82, 2.24) is 10.2 Å². The molecule has 0 saturated carbocycles. The van der Waals surface area contributed by atoms with Crippen LogP contribution in [0.3, 0.4) is 0 Å². The summed E-state index contributed by atoms with van der Waals surface area (Å²) >= 11 is 0. The van der Waals surface area contributed by atoms with Gasteiger partial charge in [0.15, 0.2) is 5.82 Å². The first-order valence-corrected chi connectivity index (χ1v) is 6.70. The summed E-state index contributed by atoms with van der Waals surface area (Å²) in [6.07, 6.45) is 2.06. The fraction of sp³-hybridized carbons (Fsp3) is 0.467. The Morgan fingerprint density at radius 2 is 1.83 bits per heavy atom. The summed E-state index contributed by atoms with van der Waals surface area (Å²) in [7, 11) is 0. The van der Waals surface area contributed by atoms with Crippen LogP contribution in [0.1, 0.15) is 32.9 Å². The van der Waals surface area contributed by atoms with Crippen molar-refractivity contribution in [2.75, 3.05) is 11.9 Å². The highest BCUT2D eigenvalue weighted by Crippen LogP contribution is 2.24. The van der Waals surface area contributed by atoms with E-state index in [9.17, 15) is 0 Å². The lowest BCUT2D eigenvalue weighted by molar-refractivity contribution is 0.632. The van der Waals surface area contributed by atoms with Gasteiger partial charge in [-0.3, -0.25) is 0 Å². The molecule has 0 saturated heterocycles. The number of benzene rings is 1. The molecule has 0 aliphatic heterocycles. The SMILES string of the molecule is CCCNc1nnc(CC(C)C)c2ccccc12. The van der Waals surface area contributed by atoms with Crippen LogP contribution in [0.15, 0.2) is 24.3 Å². The third kappa shape index (κ3) is 2.78. The number of rotatable bonds is 5. The van der Waals surface area contributed by atoms with Crippen molar-refractivity contribution in [3.05, 3.63) is 30.0 Å². The van der Waals surface area contributed by atoms with Gasteiger partial charge in [0.1, 0.15) is 0 Å². The summed E-state index contributed by atoms with van der Waals surface area (Å²) in [5.74, 6) is 1.50. The molecule has 1 aromatic carbocycles. The molecule has 2 rings (SSSR count). The van der Waals surface area contributed by atoms with Crippen LogP contribution in [0.5, 0.6) is 0 Å². The second kappa shape index (κ2) is 5.80. The van der Waals surface area contributed by atoms with Crippen molar-refractivity contribution >= 4 is 16.6 Å². The fourth-order valence-electron chi connectivity index (χ4n) is 2.07. The molecule has 3 nitrogen and oxygen atoms in total. The highest BCUT2D eigenvalue weighted by Gasteiger charge is 2.09. The highest BCUT2D eigenvalue weighted by atomic mass is 15.2. The molecule has 0 aliphatic rings. The van der Waals surface area contributed by atoms with E-state index in [1.807, 2.05) is 0 Å². The van der Waals surface area contributed by atoms with Crippen LogP contribution in [-0.2, 0) is 6.42 Å². The Balaban J connectivity index is 2.44. The van der Waals surface area contributed by atoms with Gasteiger partial charge in [0.25, 0.3) is 0 Å². The predicted molar refractivity (Wildman–Crippen MR) is 76.9 cm³/mol. The van der Waals surface area contributed by atoms with E-state index < -0.39 is 0 Å². The summed E-state index contributed by atoms with van der Waals surface area (Å²) in [5, 5.41) is 14.5. The molecule has 0 amide bonds. The maximum atomic E-state index is 4.39. The van der Waals surface area contributed by atoms with E-state index in [4.69, 9.17) is 0 Å². The van der Waals surface area contributed by atoms with Crippen LogP contribution in [0.25, 0.3) is 10.8 Å². The van der Waals surface area contributed by atoms with Crippen LogP contribution < -0.4 is 5.32 Å². The Labute approximate surface area is 109 Å². The lowest BCUT2D eigenvalue weighted by Crippen LogP contribution is -2.07. The zero-order chi connectivity index (χ0) is 13.0. The minimum atomic E-state index is 0.595. The molecule has 2 aromatic rings. The molecule has 18 heavy (non-hydrogen) atoms. The standard InChI is InChI=1S/C15H21N3/c1-4-9-16-15-13-8-6-5-7-12(13)14(17-18-15)10-11(2)3/h5-8,11H,4,9-10H2,1-3H3,(H,16,18). The zero-order valence-corrected chi connectivity index (χ0v) is 11.4. The van der Waals surface area contributed by atoms with E-state index in [0.29, 0.717) is 5.92 Å². The molecular weight excluding hydrogens is 222 g/mol. The average molecular weight is 243 g/mol. The Hall–Kier alpha value is -1.64. The fourth-order valence-corrected chi connectivity index (χ4v) is 2.07. The molecule has 1 heterocycles. The van der Waals surface area contributed by atoms with Crippen molar-refractivity contribution in [3.8, 4) is 0 Å². The molecule has 1 aromatic heterocycles. The number of nitrogens with zero attached hydrogens (tertiary/aromatic N) is 2. The van der Waals surface area contributed by atoms with Gasteiger partial charge in [-0.15, -0.1) is 5.10 Å². The maximum absolute atomic E-state index is 4.39. The largest absolute Gasteiger partial charge is 0.368 e. The smallest absolute Gasteiger partial charge is 0.156 e. The number of anilines is 1. The lowest BCUT2D eigenvalue weighted by atomic mass is 10.0. The molecule has 0 bridgehead atoms. The highest BCUT2D eigenvalue weighted by molar-refractivity contribution is 5.93. The number of fused-ring (bicyclic) bond motifs is 1. The van der Waals surface area contributed by atoms with Gasteiger partial charge >= 0.3 is 0 Å². The number of hydrogen-bond acceptors (Lipinski definition) is 3. The van der Waals surface area contributed by atoms with E-state index in [-0.39, 0.29) is 0 Å². The van der Waals surface area contributed by atoms with Crippen molar-refractivity contribution in [3.63, 3.8) is 0 Å². The lowest BCUT2D eigenvalue weighted by Gasteiger charge is -2.11. The van der Waals surface area contributed by atoms with Crippen LogP contribution in [-0.4, -0.2) is 16.7 Å². The van der Waals surface area contributed by atoms with E-state index in [1.54, 1.807) is 0 Å². The van der Waals surface area contributed by atoms with Crippen LogP contribution in [0.2, 0.25) is 0 Å². The summed E-state index contributed by atoms with van der Waals surface area (Å²) in [6, 6.07) is 8.38. The first-order valence-electron chi connectivity index (χ1n) is 6.70. The van der Waals surface area contributed by atoms with E-state index in [2.05, 4.69) is 60.6 Å². The first kappa shape index (κ1) is 12.8. The van der Waals surface area contributed by atoms with Gasteiger partial charge in [-0.05, 0) is 18.8 Å². The normalized spacial score (nSPS) is 11.1. The van der Waals surface area contributed by atoms with E-state index in [1.165, 1.54) is 10.8 Å². The van der Waals surface area contributed by atoms with Crippen molar-refractivity contribution < 1.29 is 0 Å². The van der Waals surface area contributed by atoms with Crippen molar-refractivity contribution in [2.45, 2.75) is 33.6 Å². The van der Waals surface area contributed by atoms with Gasteiger partial charge in [0.05, 0.1) is 5.69 Å².